The SMILES string of the molecule is CC[C@@H]1NC(c2ccc(C)cc2)OC1(CC)CC. The second-order valence-corrected chi connectivity index (χ2v) is 5.31. The molecule has 2 heteroatoms. The Hall–Kier alpha value is -0.860. The first-order valence-corrected chi connectivity index (χ1v) is 7.15. The summed E-state index contributed by atoms with van der Waals surface area (Å²) in [5.74, 6) is 0. The van der Waals surface area contributed by atoms with Gasteiger partial charge in [-0.1, -0.05) is 50.6 Å². The standard InChI is InChI=1S/C16H25NO/c1-5-14-16(6-2,7-3)18-15(17-14)13-10-8-12(4)9-11-13/h8-11,14-15,17H,5-7H2,1-4H3/t14-,15?/m0/s1. The number of ether oxygens (including phenoxy) is 1. The molecule has 0 radical (unpaired) electrons. The molecule has 1 N–H and O–H groups in total. The van der Waals surface area contributed by atoms with Crippen molar-refractivity contribution in [3.63, 3.8) is 0 Å². The first kappa shape index (κ1) is 13.6. The molecule has 1 fully saturated rings. The number of hydrogen-bond acceptors (Lipinski definition) is 2. The minimum absolute atomic E-state index is 0.00427. The van der Waals surface area contributed by atoms with Crippen molar-refractivity contribution in [2.75, 3.05) is 0 Å². The van der Waals surface area contributed by atoms with E-state index in [2.05, 4.69) is 57.3 Å². The Kier molecular flexibility index (Phi) is 4.08. The molecule has 18 heavy (non-hydrogen) atoms. The van der Waals surface area contributed by atoms with Crippen LogP contribution in [0.1, 0.15) is 57.4 Å². The van der Waals surface area contributed by atoms with Gasteiger partial charge in [-0.2, -0.15) is 0 Å². The van der Waals surface area contributed by atoms with Crippen molar-refractivity contribution >= 4 is 0 Å². The fraction of sp³-hybridized carbons (Fsp3) is 0.625. The van der Waals surface area contributed by atoms with Gasteiger partial charge in [-0.3, -0.25) is 5.32 Å². The van der Waals surface area contributed by atoms with Gasteiger partial charge in [0.05, 0.1) is 5.60 Å². The van der Waals surface area contributed by atoms with E-state index in [1.54, 1.807) is 0 Å². The van der Waals surface area contributed by atoms with Gasteiger partial charge in [-0.05, 0) is 31.7 Å². The molecule has 1 saturated heterocycles. The van der Waals surface area contributed by atoms with Crippen molar-refractivity contribution < 1.29 is 4.74 Å². The van der Waals surface area contributed by atoms with Crippen molar-refractivity contribution in [3.05, 3.63) is 35.4 Å². The highest BCUT2D eigenvalue weighted by molar-refractivity contribution is 5.24. The van der Waals surface area contributed by atoms with Crippen molar-refractivity contribution in [1.29, 1.82) is 0 Å². The van der Waals surface area contributed by atoms with Gasteiger partial charge < -0.3 is 4.74 Å². The van der Waals surface area contributed by atoms with E-state index < -0.39 is 0 Å². The average Bonchev–Trinajstić information content (AvgIpc) is 2.79. The highest BCUT2D eigenvalue weighted by Crippen LogP contribution is 2.38. The van der Waals surface area contributed by atoms with Crippen LogP contribution in [0, 0.1) is 6.92 Å². The summed E-state index contributed by atoms with van der Waals surface area (Å²) >= 11 is 0. The van der Waals surface area contributed by atoms with E-state index in [-0.39, 0.29) is 11.8 Å². The maximum Gasteiger partial charge on any atom is 0.135 e. The van der Waals surface area contributed by atoms with Crippen molar-refractivity contribution in [3.8, 4) is 0 Å². The number of rotatable bonds is 4. The second kappa shape index (κ2) is 5.41. The third-order valence-electron chi connectivity index (χ3n) is 4.33. The smallest absolute Gasteiger partial charge is 0.135 e. The number of hydrogen-bond donors (Lipinski definition) is 1. The molecule has 1 unspecified atom stereocenters. The lowest BCUT2D eigenvalue weighted by molar-refractivity contribution is -0.0554. The van der Waals surface area contributed by atoms with E-state index in [1.165, 1.54) is 11.1 Å². The van der Waals surface area contributed by atoms with E-state index in [0.717, 1.165) is 19.3 Å². The van der Waals surface area contributed by atoms with E-state index in [4.69, 9.17) is 4.74 Å². The molecule has 0 saturated carbocycles. The quantitative estimate of drug-likeness (QED) is 0.870. The Morgan fingerprint density at radius 3 is 2.17 bits per heavy atom. The van der Waals surface area contributed by atoms with Crippen LogP contribution >= 0.6 is 0 Å². The minimum atomic E-state index is 0.00427. The van der Waals surface area contributed by atoms with Crippen LogP contribution < -0.4 is 5.32 Å². The zero-order valence-corrected chi connectivity index (χ0v) is 12.0. The molecule has 2 atom stereocenters. The molecule has 1 aromatic carbocycles. The molecule has 0 bridgehead atoms. The molecule has 1 aliphatic heterocycles. The lowest BCUT2D eigenvalue weighted by Gasteiger charge is -2.31. The van der Waals surface area contributed by atoms with Crippen molar-refractivity contribution in [2.24, 2.45) is 0 Å². The van der Waals surface area contributed by atoms with Gasteiger partial charge in [0.25, 0.3) is 0 Å². The van der Waals surface area contributed by atoms with Gasteiger partial charge in [-0.15, -0.1) is 0 Å². The molecule has 1 heterocycles. The third-order valence-corrected chi connectivity index (χ3v) is 4.33. The summed E-state index contributed by atoms with van der Waals surface area (Å²) < 4.78 is 6.37. The summed E-state index contributed by atoms with van der Waals surface area (Å²) in [4.78, 5) is 0. The Bertz CT molecular complexity index is 381. The maximum absolute atomic E-state index is 6.37. The molecule has 1 aliphatic rings. The van der Waals surface area contributed by atoms with Crippen LogP contribution in [-0.2, 0) is 4.74 Å². The van der Waals surface area contributed by atoms with Gasteiger partial charge in [-0.25, -0.2) is 0 Å². The lowest BCUT2D eigenvalue weighted by Crippen LogP contribution is -2.42. The molecule has 100 valence electrons. The Balaban J connectivity index is 2.21. The number of benzene rings is 1. The van der Waals surface area contributed by atoms with Gasteiger partial charge in [0.1, 0.15) is 6.23 Å². The van der Waals surface area contributed by atoms with Gasteiger partial charge in [0, 0.05) is 6.04 Å². The third kappa shape index (κ3) is 2.32. The van der Waals surface area contributed by atoms with Gasteiger partial charge in [0.15, 0.2) is 0 Å². The van der Waals surface area contributed by atoms with E-state index >= 15 is 0 Å². The predicted molar refractivity (Wildman–Crippen MR) is 75.5 cm³/mol. The zero-order valence-electron chi connectivity index (χ0n) is 12.0. The van der Waals surface area contributed by atoms with E-state index in [1.807, 2.05) is 0 Å². The van der Waals surface area contributed by atoms with Crippen LogP contribution in [0.3, 0.4) is 0 Å². The highest BCUT2D eigenvalue weighted by Gasteiger charge is 2.45. The summed E-state index contributed by atoms with van der Waals surface area (Å²) in [7, 11) is 0. The zero-order chi connectivity index (χ0) is 13.2. The first-order valence-electron chi connectivity index (χ1n) is 7.15. The normalized spacial score (nSPS) is 26.4. The Morgan fingerprint density at radius 2 is 1.72 bits per heavy atom. The largest absolute Gasteiger partial charge is 0.351 e. The maximum atomic E-state index is 6.37. The van der Waals surface area contributed by atoms with Crippen LogP contribution in [-0.4, -0.2) is 11.6 Å². The van der Waals surface area contributed by atoms with Crippen molar-refractivity contribution in [2.45, 2.75) is 64.8 Å². The Morgan fingerprint density at radius 1 is 1.11 bits per heavy atom. The summed E-state index contributed by atoms with van der Waals surface area (Å²) in [6.07, 6.45) is 3.30. The number of aryl methyl sites for hydroxylation is 1. The molecule has 0 aromatic heterocycles. The van der Waals surface area contributed by atoms with Crippen LogP contribution in [0.4, 0.5) is 0 Å². The first-order chi connectivity index (χ1) is 8.65. The summed E-state index contributed by atoms with van der Waals surface area (Å²) in [5.41, 5.74) is 2.54. The minimum Gasteiger partial charge on any atom is -0.351 e. The predicted octanol–water partition coefficient (Wildman–Crippen LogP) is 3.95. The topological polar surface area (TPSA) is 21.3 Å². The fourth-order valence-electron chi connectivity index (χ4n) is 2.99. The second-order valence-electron chi connectivity index (χ2n) is 5.31. The highest BCUT2D eigenvalue weighted by atomic mass is 16.5. The lowest BCUT2D eigenvalue weighted by atomic mass is 9.88. The monoisotopic (exact) mass is 247 g/mol. The molecule has 0 aliphatic carbocycles. The van der Waals surface area contributed by atoms with Crippen LogP contribution in [0.15, 0.2) is 24.3 Å². The molecule has 2 rings (SSSR count). The van der Waals surface area contributed by atoms with Crippen LogP contribution in [0.5, 0.6) is 0 Å². The summed E-state index contributed by atoms with van der Waals surface area (Å²) in [5, 5.41) is 3.65. The average molecular weight is 247 g/mol. The van der Waals surface area contributed by atoms with E-state index in [9.17, 15) is 0 Å². The molecule has 0 amide bonds. The van der Waals surface area contributed by atoms with Crippen molar-refractivity contribution in [1.82, 2.24) is 5.32 Å². The number of nitrogens with one attached hydrogen (secondary N) is 1. The van der Waals surface area contributed by atoms with Gasteiger partial charge in [0.2, 0.25) is 0 Å². The van der Waals surface area contributed by atoms with Gasteiger partial charge >= 0.3 is 0 Å². The Labute approximate surface area is 111 Å². The molecular weight excluding hydrogens is 222 g/mol. The fourth-order valence-corrected chi connectivity index (χ4v) is 2.99. The van der Waals surface area contributed by atoms with Crippen LogP contribution in [0.2, 0.25) is 0 Å². The summed E-state index contributed by atoms with van der Waals surface area (Å²) in [6.45, 7) is 8.80. The molecule has 0 spiro atoms. The summed E-state index contributed by atoms with van der Waals surface area (Å²) in [6, 6.07) is 9.10. The molecule has 1 aromatic rings. The van der Waals surface area contributed by atoms with E-state index in [0.29, 0.717) is 6.04 Å². The van der Waals surface area contributed by atoms with Crippen LogP contribution in [0.25, 0.3) is 0 Å². The molecular formula is C16H25NO. The molecule has 2 nitrogen and oxygen atoms in total.